The van der Waals surface area contributed by atoms with Gasteiger partial charge in [0.2, 0.25) is 0 Å². The van der Waals surface area contributed by atoms with E-state index in [1.54, 1.807) is 0 Å². The van der Waals surface area contributed by atoms with E-state index in [1.165, 1.54) is 12.8 Å². The van der Waals surface area contributed by atoms with Gasteiger partial charge in [-0.1, -0.05) is 6.92 Å². The van der Waals surface area contributed by atoms with Crippen molar-refractivity contribution >= 4 is 0 Å². The van der Waals surface area contributed by atoms with Gasteiger partial charge < -0.3 is 5.32 Å². The summed E-state index contributed by atoms with van der Waals surface area (Å²) in [5.41, 5.74) is 0.372. The van der Waals surface area contributed by atoms with Crippen LogP contribution in [0.5, 0.6) is 0 Å². The predicted molar refractivity (Wildman–Crippen MR) is 45.1 cm³/mol. The lowest BCUT2D eigenvalue weighted by Crippen LogP contribution is -2.50. The van der Waals surface area contributed by atoms with Crippen molar-refractivity contribution in [3.8, 4) is 0 Å². The van der Waals surface area contributed by atoms with Crippen LogP contribution in [0, 0.1) is 5.92 Å². The summed E-state index contributed by atoms with van der Waals surface area (Å²) < 4.78 is 0. The smallest absolute Gasteiger partial charge is 0.0130 e. The van der Waals surface area contributed by atoms with Gasteiger partial charge in [0.15, 0.2) is 0 Å². The number of rotatable bonds is 0. The lowest BCUT2D eigenvalue weighted by Gasteiger charge is -2.39. The van der Waals surface area contributed by atoms with Crippen LogP contribution in [0.2, 0.25) is 0 Å². The van der Waals surface area contributed by atoms with E-state index < -0.39 is 0 Å². The van der Waals surface area contributed by atoms with Crippen LogP contribution in [0.3, 0.4) is 0 Å². The van der Waals surface area contributed by atoms with Crippen LogP contribution in [-0.4, -0.2) is 11.6 Å². The summed E-state index contributed by atoms with van der Waals surface area (Å²) in [7, 11) is 0. The minimum atomic E-state index is 0.372. The Kier molecular flexibility index (Phi) is 2.04. The van der Waals surface area contributed by atoms with Crippen LogP contribution in [0.15, 0.2) is 0 Å². The lowest BCUT2D eigenvalue weighted by molar-refractivity contribution is 0.200. The Bertz CT molecular complexity index is 106. The Balaban J connectivity index is 2.51. The third kappa shape index (κ3) is 1.98. The molecule has 10 heavy (non-hydrogen) atoms. The molecule has 2 atom stereocenters. The minimum Gasteiger partial charge on any atom is -0.309 e. The molecule has 0 spiro atoms. The Hall–Kier alpha value is -0.0400. The first kappa shape index (κ1) is 8.06. The summed E-state index contributed by atoms with van der Waals surface area (Å²) in [6.07, 6.45) is 2.65. The largest absolute Gasteiger partial charge is 0.309 e. The van der Waals surface area contributed by atoms with E-state index in [9.17, 15) is 0 Å². The summed E-state index contributed by atoms with van der Waals surface area (Å²) in [6, 6.07) is 0.707. The molecule has 0 bridgehead atoms. The van der Waals surface area contributed by atoms with Crippen LogP contribution in [0.1, 0.15) is 40.5 Å². The molecule has 0 aromatic carbocycles. The Morgan fingerprint density at radius 3 is 2.30 bits per heavy atom. The third-order valence-corrected chi connectivity index (χ3v) is 2.25. The predicted octanol–water partition coefficient (Wildman–Crippen LogP) is 2.17. The summed E-state index contributed by atoms with van der Waals surface area (Å²) in [5, 5.41) is 3.59. The average Bonchev–Trinajstić information content (AvgIpc) is 1.54. The first-order chi connectivity index (χ1) is 4.49. The quantitative estimate of drug-likeness (QED) is 0.545. The number of hydrogen-bond acceptors (Lipinski definition) is 1. The first-order valence-corrected chi connectivity index (χ1v) is 4.27. The highest BCUT2D eigenvalue weighted by atomic mass is 15.0. The monoisotopic (exact) mass is 141 g/mol. The molecule has 0 aromatic heterocycles. The molecule has 1 N–H and O–H groups in total. The van der Waals surface area contributed by atoms with Crippen LogP contribution in [0.4, 0.5) is 0 Å². The fraction of sp³-hybridized carbons (Fsp3) is 1.00. The Morgan fingerprint density at radius 1 is 1.30 bits per heavy atom. The second kappa shape index (κ2) is 2.54. The molecule has 1 nitrogen and oxygen atoms in total. The maximum atomic E-state index is 3.59. The highest BCUT2D eigenvalue weighted by Gasteiger charge is 2.28. The van der Waals surface area contributed by atoms with E-state index in [4.69, 9.17) is 0 Å². The van der Waals surface area contributed by atoms with Crippen molar-refractivity contribution < 1.29 is 0 Å². The topological polar surface area (TPSA) is 12.0 Å². The van der Waals surface area contributed by atoms with Crippen LogP contribution in [-0.2, 0) is 0 Å². The first-order valence-electron chi connectivity index (χ1n) is 4.27. The zero-order valence-corrected chi connectivity index (χ0v) is 7.57. The molecule has 1 aliphatic heterocycles. The minimum absolute atomic E-state index is 0.372. The number of nitrogens with one attached hydrogen (secondary N) is 1. The fourth-order valence-corrected chi connectivity index (χ4v) is 2.34. The molecule has 0 aliphatic carbocycles. The normalized spacial score (nSPS) is 39.6. The van der Waals surface area contributed by atoms with Gasteiger partial charge in [-0.25, -0.2) is 0 Å². The highest BCUT2D eigenvalue weighted by Crippen LogP contribution is 2.26. The van der Waals surface area contributed by atoms with E-state index >= 15 is 0 Å². The van der Waals surface area contributed by atoms with Crippen LogP contribution in [0.25, 0.3) is 0 Å². The van der Waals surface area contributed by atoms with Gasteiger partial charge >= 0.3 is 0 Å². The fourth-order valence-electron chi connectivity index (χ4n) is 2.34. The Labute approximate surface area is 64.2 Å². The standard InChI is InChI=1S/C9H19N/c1-7-5-8(2)10-9(3,4)6-7/h7-8,10H,5-6H2,1-4H3. The zero-order chi connectivity index (χ0) is 7.78. The molecule has 1 saturated heterocycles. The van der Waals surface area contributed by atoms with Crippen molar-refractivity contribution in [3.05, 3.63) is 0 Å². The molecule has 0 saturated carbocycles. The highest BCUT2D eigenvalue weighted by molar-refractivity contribution is 4.88. The third-order valence-electron chi connectivity index (χ3n) is 2.25. The maximum absolute atomic E-state index is 3.59. The van der Waals surface area contributed by atoms with Gasteiger partial charge in [0, 0.05) is 11.6 Å². The van der Waals surface area contributed by atoms with Crippen LogP contribution >= 0.6 is 0 Å². The Morgan fingerprint density at radius 2 is 1.90 bits per heavy atom. The number of hydrogen-bond donors (Lipinski definition) is 1. The van der Waals surface area contributed by atoms with Gasteiger partial charge in [-0.2, -0.15) is 0 Å². The SMILES string of the molecule is CC1CC(C)NC(C)(C)C1. The molecule has 0 radical (unpaired) electrons. The van der Waals surface area contributed by atoms with E-state index in [0.717, 1.165) is 5.92 Å². The molecule has 0 aromatic rings. The van der Waals surface area contributed by atoms with Gasteiger partial charge in [0.05, 0.1) is 0 Å². The number of piperidine rings is 1. The van der Waals surface area contributed by atoms with Crippen molar-refractivity contribution in [3.63, 3.8) is 0 Å². The molecule has 1 rings (SSSR count). The summed E-state index contributed by atoms with van der Waals surface area (Å²) in [6.45, 7) is 9.20. The van der Waals surface area contributed by atoms with Crippen molar-refractivity contribution in [1.29, 1.82) is 0 Å². The molecule has 2 unspecified atom stereocenters. The van der Waals surface area contributed by atoms with Gasteiger partial charge in [0.1, 0.15) is 0 Å². The van der Waals surface area contributed by atoms with Crippen molar-refractivity contribution in [1.82, 2.24) is 5.32 Å². The lowest BCUT2D eigenvalue weighted by atomic mass is 9.83. The van der Waals surface area contributed by atoms with E-state index in [-0.39, 0.29) is 0 Å². The van der Waals surface area contributed by atoms with Crippen molar-refractivity contribution in [2.24, 2.45) is 5.92 Å². The molecule has 0 amide bonds. The van der Waals surface area contributed by atoms with Gasteiger partial charge in [-0.3, -0.25) is 0 Å². The van der Waals surface area contributed by atoms with Gasteiger partial charge in [-0.05, 0) is 39.5 Å². The van der Waals surface area contributed by atoms with E-state index in [1.807, 2.05) is 0 Å². The van der Waals surface area contributed by atoms with E-state index in [0.29, 0.717) is 11.6 Å². The average molecular weight is 141 g/mol. The van der Waals surface area contributed by atoms with E-state index in [2.05, 4.69) is 33.0 Å². The molecule has 60 valence electrons. The van der Waals surface area contributed by atoms with Crippen LogP contribution < -0.4 is 5.32 Å². The summed E-state index contributed by atoms with van der Waals surface area (Å²) in [4.78, 5) is 0. The molecule has 1 fully saturated rings. The maximum Gasteiger partial charge on any atom is 0.0130 e. The summed E-state index contributed by atoms with van der Waals surface area (Å²) in [5.74, 6) is 0.895. The molecule has 1 aliphatic rings. The molecular formula is C9H19N. The summed E-state index contributed by atoms with van der Waals surface area (Å²) >= 11 is 0. The van der Waals surface area contributed by atoms with Crippen molar-refractivity contribution in [2.45, 2.75) is 52.1 Å². The second-order valence-electron chi connectivity index (χ2n) is 4.47. The molecular weight excluding hydrogens is 122 g/mol. The van der Waals surface area contributed by atoms with Gasteiger partial charge in [-0.15, -0.1) is 0 Å². The second-order valence-corrected chi connectivity index (χ2v) is 4.47. The van der Waals surface area contributed by atoms with Crippen molar-refractivity contribution in [2.75, 3.05) is 0 Å². The molecule has 1 heteroatoms. The molecule has 1 heterocycles. The zero-order valence-electron chi connectivity index (χ0n) is 7.57. The van der Waals surface area contributed by atoms with Gasteiger partial charge in [0.25, 0.3) is 0 Å².